The minimum Gasteiger partial charge on any atom is -0.347 e. The number of likely N-dealkylation sites (tertiary alicyclic amines) is 1. The van der Waals surface area contributed by atoms with E-state index >= 15 is 0 Å². The first-order valence-corrected chi connectivity index (χ1v) is 7.28. The first-order valence-electron chi connectivity index (χ1n) is 7.28. The summed E-state index contributed by atoms with van der Waals surface area (Å²) in [5.74, 6) is 0. The summed E-state index contributed by atoms with van der Waals surface area (Å²) >= 11 is 0. The number of benzene rings is 1. The van der Waals surface area contributed by atoms with Gasteiger partial charge in [0.1, 0.15) is 0 Å². The van der Waals surface area contributed by atoms with Gasteiger partial charge < -0.3 is 9.88 Å². The zero-order valence-corrected chi connectivity index (χ0v) is 11.9. The van der Waals surface area contributed by atoms with Crippen LogP contribution in [-0.4, -0.2) is 35.6 Å². The predicted octanol–water partition coefficient (Wildman–Crippen LogP) is 2.45. The number of likely N-dealkylation sites (N-methyl/N-ethyl adjacent to an activating group) is 1. The molecule has 1 unspecified atom stereocenters. The van der Waals surface area contributed by atoms with Crippen LogP contribution in [0.4, 0.5) is 0 Å². The van der Waals surface area contributed by atoms with Gasteiger partial charge in [-0.25, -0.2) is 0 Å². The molecule has 1 aromatic heterocycles. The maximum Gasteiger partial charge on any atom is 0.0483 e. The van der Waals surface area contributed by atoms with Crippen molar-refractivity contribution >= 4 is 10.9 Å². The number of hydrogen-bond donors (Lipinski definition) is 1. The van der Waals surface area contributed by atoms with E-state index in [1.807, 2.05) is 0 Å². The molecule has 2 heterocycles. The Bertz CT molecular complexity index is 558. The van der Waals surface area contributed by atoms with Crippen LogP contribution in [0.25, 0.3) is 10.9 Å². The van der Waals surface area contributed by atoms with Crippen LogP contribution in [-0.2, 0) is 13.1 Å². The van der Waals surface area contributed by atoms with Crippen LogP contribution in [0.3, 0.4) is 0 Å². The third-order valence-corrected chi connectivity index (χ3v) is 4.29. The van der Waals surface area contributed by atoms with Crippen molar-refractivity contribution in [1.29, 1.82) is 0 Å². The van der Waals surface area contributed by atoms with Crippen molar-refractivity contribution in [3.8, 4) is 0 Å². The van der Waals surface area contributed by atoms with Gasteiger partial charge in [0, 0.05) is 49.3 Å². The van der Waals surface area contributed by atoms with Crippen molar-refractivity contribution in [2.24, 2.45) is 0 Å². The maximum atomic E-state index is 3.39. The van der Waals surface area contributed by atoms with Gasteiger partial charge >= 0.3 is 0 Å². The van der Waals surface area contributed by atoms with E-state index in [4.69, 9.17) is 0 Å². The summed E-state index contributed by atoms with van der Waals surface area (Å²) in [7, 11) is 2.07. The monoisotopic (exact) mass is 257 g/mol. The number of fused-ring (bicyclic) bond motifs is 1. The lowest BCUT2D eigenvalue weighted by atomic mass is 10.1. The molecule has 1 fully saturated rings. The number of nitrogens with one attached hydrogen (secondary N) is 1. The molecule has 2 aromatic rings. The molecule has 0 radical (unpaired) electrons. The van der Waals surface area contributed by atoms with E-state index in [1.54, 1.807) is 0 Å². The van der Waals surface area contributed by atoms with Gasteiger partial charge in [0.05, 0.1) is 0 Å². The summed E-state index contributed by atoms with van der Waals surface area (Å²) in [5, 5.41) is 4.80. The fraction of sp³-hybridized carbons (Fsp3) is 0.500. The number of nitrogens with zero attached hydrogens (tertiary/aromatic N) is 2. The smallest absolute Gasteiger partial charge is 0.0483 e. The SMILES string of the molecule is CCn1cc(CN2CCC(NC)C2)c2ccccc21. The average molecular weight is 257 g/mol. The third kappa shape index (κ3) is 2.40. The lowest BCUT2D eigenvalue weighted by molar-refractivity contribution is 0.323. The molecule has 1 aromatic carbocycles. The normalized spacial score (nSPS) is 20.4. The largest absolute Gasteiger partial charge is 0.347 e. The van der Waals surface area contributed by atoms with Crippen LogP contribution in [0.1, 0.15) is 18.9 Å². The second-order valence-corrected chi connectivity index (χ2v) is 5.47. The standard InChI is InChI=1S/C16H23N3/c1-3-19-11-13(15-6-4-5-7-16(15)19)10-18-9-8-14(12-18)17-2/h4-7,11,14,17H,3,8-10,12H2,1-2H3. The Kier molecular flexibility index (Phi) is 3.58. The molecule has 1 aliphatic rings. The van der Waals surface area contributed by atoms with Gasteiger partial charge in [0.2, 0.25) is 0 Å². The topological polar surface area (TPSA) is 20.2 Å². The summed E-state index contributed by atoms with van der Waals surface area (Å²) in [6.45, 7) is 6.70. The van der Waals surface area contributed by atoms with Crippen molar-refractivity contribution in [3.05, 3.63) is 36.0 Å². The zero-order chi connectivity index (χ0) is 13.2. The summed E-state index contributed by atoms with van der Waals surface area (Å²) < 4.78 is 2.36. The van der Waals surface area contributed by atoms with Crippen molar-refractivity contribution in [2.45, 2.75) is 32.5 Å². The summed E-state index contributed by atoms with van der Waals surface area (Å²) in [6.07, 6.45) is 3.60. The molecule has 0 spiro atoms. The molecule has 102 valence electrons. The number of hydrogen-bond acceptors (Lipinski definition) is 2. The van der Waals surface area contributed by atoms with E-state index in [1.165, 1.54) is 36.0 Å². The third-order valence-electron chi connectivity index (χ3n) is 4.29. The minimum absolute atomic E-state index is 0.666. The fourth-order valence-electron chi connectivity index (χ4n) is 3.16. The van der Waals surface area contributed by atoms with E-state index in [9.17, 15) is 0 Å². The van der Waals surface area contributed by atoms with E-state index in [-0.39, 0.29) is 0 Å². The highest BCUT2D eigenvalue weighted by molar-refractivity contribution is 5.83. The van der Waals surface area contributed by atoms with E-state index in [0.717, 1.165) is 13.1 Å². The van der Waals surface area contributed by atoms with Crippen LogP contribution >= 0.6 is 0 Å². The molecule has 0 saturated carbocycles. The Balaban J connectivity index is 1.85. The highest BCUT2D eigenvalue weighted by atomic mass is 15.2. The summed E-state index contributed by atoms with van der Waals surface area (Å²) in [5.41, 5.74) is 2.83. The molecule has 3 rings (SSSR count). The number of para-hydroxylation sites is 1. The van der Waals surface area contributed by atoms with E-state index < -0.39 is 0 Å². The Morgan fingerprint density at radius 2 is 2.16 bits per heavy atom. The molecule has 0 aliphatic carbocycles. The van der Waals surface area contributed by atoms with Crippen LogP contribution in [0, 0.1) is 0 Å². The molecule has 1 aliphatic heterocycles. The van der Waals surface area contributed by atoms with Crippen LogP contribution in [0.15, 0.2) is 30.5 Å². The summed E-state index contributed by atoms with van der Waals surface area (Å²) in [4.78, 5) is 2.56. The predicted molar refractivity (Wildman–Crippen MR) is 80.4 cm³/mol. The Morgan fingerprint density at radius 3 is 2.89 bits per heavy atom. The van der Waals surface area contributed by atoms with Crippen LogP contribution in [0.2, 0.25) is 0 Å². The van der Waals surface area contributed by atoms with Gasteiger partial charge in [-0.1, -0.05) is 18.2 Å². The molecule has 1 atom stereocenters. The van der Waals surface area contributed by atoms with Gasteiger partial charge in [-0.2, -0.15) is 0 Å². The quantitative estimate of drug-likeness (QED) is 0.908. The van der Waals surface area contributed by atoms with E-state index in [2.05, 4.69) is 59.2 Å². The highest BCUT2D eigenvalue weighted by Gasteiger charge is 2.21. The first-order chi connectivity index (χ1) is 9.31. The fourth-order valence-corrected chi connectivity index (χ4v) is 3.16. The van der Waals surface area contributed by atoms with Gasteiger partial charge in [-0.3, -0.25) is 4.90 Å². The van der Waals surface area contributed by atoms with Crippen molar-refractivity contribution in [3.63, 3.8) is 0 Å². The van der Waals surface area contributed by atoms with Gasteiger partial charge in [-0.15, -0.1) is 0 Å². The highest BCUT2D eigenvalue weighted by Crippen LogP contribution is 2.24. The minimum atomic E-state index is 0.666. The lowest BCUT2D eigenvalue weighted by Crippen LogP contribution is -2.29. The number of aryl methyl sites for hydroxylation is 1. The number of rotatable bonds is 4. The Hall–Kier alpha value is -1.32. The molecule has 0 amide bonds. The zero-order valence-electron chi connectivity index (χ0n) is 11.9. The first kappa shape index (κ1) is 12.7. The maximum absolute atomic E-state index is 3.39. The molecule has 19 heavy (non-hydrogen) atoms. The second-order valence-electron chi connectivity index (χ2n) is 5.47. The van der Waals surface area contributed by atoms with Gasteiger partial charge in [-0.05, 0) is 32.0 Å². The van der Waals surface area contributed by atoms with E-state index in [0.29, 0.717) is 6.04 Å². The lowest BCUT2D eigenvalue weighted by Gasteiger charge is -2.15. The average Bonchev–Trinajstić information content (AvgIpc) is 3.04. The molecular formula is C16H23N3. The molecule has 1 saturated heterocycles. The van der Waals surface area contributed by atoms with Crippen LogP contribution in [0.5, 0.6) is 0 Å². The molecule has 3 nitrogen and oxygen atoms in total. The van der Waals surface area contributed by atoms with Gasteiger partial charge in [0.25, 0.3) is 0 Å². The van der Waals surface area contributed by atoms with Gasteiger partial charge in [0.15, 0.2) is 0 Å². The Labute approximate surface area is 115 Å². The molecular weight excluding hydrogens is 234 g/mol. The molecule has 1 N–H and O–H groups in total. The van der Waals surface area contributed by atoms with Crippen molar-refractivity contribution in [1.82, 2.24) is 14.8 Å². The molecule has 0 bridgehead atoms. The van der Waals surface area contributed by atoms with Crippen molar-refractivity contribution < 1.29 is 0 Å². The summed E-state index contributed by atoms with van der Waals surface area (Å²) in [6, 6.07) is 9.42. The van der Waals surface area contributed by atoms with Crippen molar-refractivity contribution in [2.75, 3.05) is 20.1 Å². The van der Waals surface area contributed by atoms with Crippen LogP contribution < -0.4 is 5.32 Å². The number of aromatic nitrogens is 1. The second kappa shape index (κ2) is 5.35. The Morgan fingerprint density at radius 1 is 1.32 bits per heavy atom. The molecule has 3 heteroatoms.